The Labute approximate surface area is 116 Å². The van der Waals surface area contributed by atoms with Gasteiger partial charge in [-0.25, -0.2) is 9.50 Å². The Morgan fingerprint density at radius 2 is 2.00 bits per heavy atom. The van der Waals surface area contributed by atoms with Gasteiger partial charge in [-0.3, -0.25) is 4.68 Å². The van der Waals surface area contributed by atoms with Crippen molar-refractivity contribution in [3.63, 3.8) is 0 Å². The Bertz CT molecular complexity index is 867. The number of nitriles is 1. The Balaban J connectivity index is 2.35. The highest BCUT2D eigenvalue weighted by Crippen LogP contribution is 2.32. The van der Waals surface area contributed by atoms with E-state index in [-0.39, 0.29) is 16.9 Å². The average molecular weight is 292 g/mol. The van der Waals surface area contributed by atoms with Gasteiger partial charge in [-0.05, 0) is 6.07 Å². The molecule has 9 heteroatoms. The van der Waals surface area contributed by atoms with Crippen LogP contribution in [0, 0.1) is 11.3 Å². The van der Waals surface area contributed by atoms with E-state index in [4.69, 9.17) is 5.26 Å². The van der Waals surface area contributed by atoms with Crippen LogP contribution in [0.15, 0.2) is 24.7 Å². The number of hydrogen-bond acceptors (Lipinski definition) is 4. The minimum absolute atomic E-state index is 0.0220. The molecule has 0 saturated carbocycles. The number of aryl methyl sites for hydroxylation is 1. The van der Waals surface area contributed by atoms with Gasteiger partial charge in [0.1, 0.15) is 11.6 Å². The zero-order valence-corrected chi connectivity index (χ0v) is 10.6. The molecule has 0 N–H and O–H groups in total. The van der Waals surface area contributed by atoms with Crippen molar-refractivity contribution in [2.45, 2.75) is 6.18 Å². The van der Waals surface area contributed by atoms with Crippen LogP contribution in [0.5, 0.6) is 0 Å². The van der Waals surface area contributed by atoms with Crippen LogP contribution in [0.4, 0.5) is 13.2 Å². The van der Waals surface area contributed by atoms with Crippen molar-refractivity contribution in [2.75, 3.05) is 0 Å². The third-order valence-corrected chi connectivity index (χ3v) is 2.88. The van der Waals surface area contributed by atoms with Crippen LogP contribution < -0.4 is 0 Å². The topological polar surface area (TPSA) is 71.8 Å². The molecular formula is C12H7F3N6. The maximum Gasteiger partial charge on any atom is 0.433 e. The predicted molar refractivity (Wildman–Crippen MR) is 64.9 cm³/mol. The van der Waals surface area contributed by atoms with Crippen LogP contribution >= 0.6 is 0 Å². The molecule has 6 nitrogen and oxygen atoms in total. The second kappa shape index (κ2) is 4.31. The first kappa shape index (κ1) is 13.1. The fraction of sp³-hybridized carbons (Fsp3) is 0.167. The van der Waals surface area contributed by atoms with Crippen LogP contribution in [-0.4, -0.2) is 24.4 Å². The molecule has 106 valence electrons. The minimum Gasteiger partial charge on any atom is -0.275 e. The predicted octanol–water partition coefficient (Wildman–Crippen LogP) is 2.02. The lowest BCUT2D eigenvalue weighted by Crippen LogP contribution is -2.13. The summed E-state index contributed by atoms with van der Waals surface area (Å²) in [5.41, 5.74) is -0.638. The largest absolute Gasteiger partial charge is 0.433 e. The molecule has 0 fully saturated rings. The number of hydrogen-bond donors (Lipinski definition) is 0. The fourth-order valence-electron chi connectivity index (χ4n) is 1.95. The Hall–Kier alpha value is -2.89. The lowest BCUT2D eigenvalue weighted by atomic mass is 10.2. The summed E-state index contributed by atoms with van der Waals surface area (Å²) in [6.45, 7) is 0. The second-order valence-corrected chi connectivity index (χ2v) is 4.33. The van der Waals surface area contributed by atoms with E-state index in [2.05, 4.69) is 15.2 Å². The molecule has 0 aliphatic rings. The maximum atomic E-state index is 13.1. The summed E-state index contributed by atoms with van der Waals surface area (Å²) in [6.07, 6.45) is -0.607. The molecule has 0 saturated heterocycles. The first-order chi connectivity index (χ1) is 9.90. The number of aromatic nitrogens is 5. The highest BCUT2D eigenvalue weighted by Gasteiger charge is 2.35. The SMILES string of the molecule is Cn1cc(-c2cc(C(F)(F)F)n3ncc(C#N)c3n2)cn1. The molecule has 0 aliphatic carbocycles. The molecule has 0 radical (unpaired) electrons. The van der Waals surface area contributed by atoms with E-state index >= 15 is 0 Å². The first-order valence-corrected chi connectivity index (χ1v) is 5.75. The molecule has 3 rings (SSSR count). The third kappa shape index (κ3) is 2.10. The van der Waals surface area contributed by atoms with Crippen LogP contribution in [0.25, 0.3) is 16.9 Å². The van der Waals surface area contributed by atoms with E-state index in [1.165, 1.54) is 10.9 Å². The van der Waals surface area contributed by atoms with Gasteiger partial charge in [0.15, 0.2) is 11.3 Å². The van der Waals surface area contributed by atoms with Gasteiger partial charge in [0.05, 0.1) is 18.1 Å². The van der Waals surface area contributed by atoms with Gasteiger partial charge in [-0.1, -0.05) is 0 Å². The first-order valence-electron chi connectivity index (χ1n) is 5.75. The van der Waals surface area contributed by atoms with Gasteiger partial charge < -0.3 is 0 Å². The molecule has 3 heterocycles. The Kier molecular flexibility index (Phi) is 2.69. The maximum absolute atomic E-state index is 13.1. The van der Waals surface area contributed by atoms with Gasteiger partial charge in [0.2, 0.25) is 0 Å². The standard InChI is InChI=1S/C12H7F3N6/c1-20-6-8(5-17-20)9-2-10(12(13,14)15)21-11(19-9)7(3-16)4-18-21/h2,4-6H,1H3. The van der Waals surface area contributed by atoms with Gasteiger partial charge in [-0.15, -0.1) is 0 Å². The van der Waals surface area contributed by atoms with E-state index < -0.39 is 11.9 Å². The molecule has 21 heavy (non-hydrogen) atoms. The molecule has 0 aromatic carbocycles. The Morgan fingerprint density at radius 1 is 1.24 bits per heavy atom. The zero-order valence-electron chi connectivity index (χ0n) is 10.6. The van der Waals surface area contributed by atoms with Crippen molar-refractivity contribution in [1.82, 2.24) is 24.4 Å². The summed E-state index contributed by atoms with van der Waals surface area (Å²) < 4.78 is 41.5. The summed E-state index contributed by atoms with van der Waals surface area (Å²) in [6, 6.07) is 2.67. The van der Waals surface area contributed by atoms with Crippen LogP contribution in [-0.2, 0) is 13.2 Å². The van der Waals surface area contributed by atoms with Crippen molar-refractivity contribution in [2.24, 2.45) is 7.05 Å². The highest BCUT2D eigenvalue weighted by atomic mass is 19.4. The number of fused-ring (bicyclic) bond motifs is 1. The smallest absolute Gasteiger partial charge is 0.275 e. The summed E-state index contributed by atoms with van der Waals surface area (Å²) in [5.74, 6) is 0. The zero-order chi connectivity index (χ0) is 15.2. The minimum atomic E-state index is -4.61. The monoisotopic (exact) mass is 292 g/mol. The average Bonchev–Trinajstić information content (AvgIpc) is 3.02. The van der Waals surface area contributed by atoms with Gasteiger partial charge in [-0.2, -0.15) is 28.6 Å². The highest BCUT2D eigenvalue weighted by molar-refractivity contribution is 5.64. The lowest BCUT2D eigenvalue weighted by molar-refractivity contribution is -0.142. The summed E-state index contributed by atoms with van der Waals surface area (Å²) >= 11 is 0. The van der Waals surface area contributed by atoms with Crippen molar-refractivity contribution < 1.29 is 13.2 Å². The second-order valence-electron chi connectivity index (χ2n) is 4.33. The molecule has 3 aromatic heterocycles. The molecule has 0 bridgehead atoms. The molecule has 3 aromatic rings. The fourth-order valence-corrected chi connectivity index (χ4v) is 1.95. The molecule has 0 atom stereocenters. The van der Waals surface area contributed by atoms with Crippen LogP contribution in [0.2, 0.25) is 0 Å². The van der Waals surface area contributed by atoms with Crippen LogP contribution in [0.3, 0.4) is 0 Å². The van der Waals surface area contributed by atoms with Gasteiger partial charge in [0, 0.05) is 18.8 Å². The molecule has 0 aliphatic heterocycles. The number of alkyl halides is 3. The Morgan fingerprint density at radius 3 is 2.57 bits per heavy atom. The van der Waals surface area contributed by atoms with Crippen molar-refractivity contribution in [1.29, 1.82) is 5.26 Å². The van der Waals surface area contributed by atoms with Crippen LogP contribution in [0.1, 0.15) is 11.3 Å². The van der Waals surface area contributed by atoms with Crippen molar-refractivity contribution >= 4 is 5.65 Å². The summed E-state index contributed by atoms with van der Waals surface area (Å²) in [5, 5.41) is 16.4. The summed E-state index contributed by atoms with van der Waals surface area (Å²) in [7, 11) is 1.65. The van der Waals surface area contributed by atoms with Crippen molar-refractivity contribution in [3.05, 3.63) is 35.9 Å². The number of rotatable bonds is 1. The molecule has 0 amide bonds. The van der Waals surface area contributed by atoms with E-state index in [1.54, 1.807) is 19.3 Å². The van der Waals surface area contributed by atoms with Crippen molar-refractivity contribution in [3.8, 4) is 17.3 Å². The third-order valence-electron chi connectivity index (χ3n) is 2.88. The van der Waals surface area contributed by atoms with E-state index in [0.717, 1.165) is 12.3 Å². The van der Waals surface area contributed by atoms with E-state index in [1.807, 2.05) is 0 Å². The summed E-state index contributed by atoms with van der Waals surface area (Å²) in [4.78, 5) is 4.09. The number of nitrogens with zero attached hydrogens (tertiary/aromatic N) is 6. The molecule has 0 spiro atoms. The van der Waals surface area contributed by atoms with E-state index in [9.17, 15) is 13.2 Å². The molecular weight excluding hydrogens is 285 g/mol. The van der Waals surface area contributed by atoms with Gasteiger partial charge in [0.25, 0.3) is 0 Å². The number of halogens is 3. The van der Waals surface area contributed by atoms with Gasteiger partial charge >= 0.3 is 6.18 Å². The lowest BCUT2D eigenvalue weighted by Gasteiger charge is -2.10. The normalized spacial score (nSPS) is 11.8. The molecule has 0 unspecified atom stereocenters. The van der Waals surface area contributed by atoms with E-state index in [0.29, 0.717) is 10.1 Å². The quantitative estimate of drug-likeness (QED) is 0.688.